The Labute approximate surface area is 90.2 Å². The average Bonchev–Trinajstić information content (AvgIpc) is 3.02. The van der Waals surface area contributed by atoms with Crippen molar-refractivity contribution in [1.82, 2.24) is 0 Å². The lowest BCUT2D eigenvalue weighted by atomic mass is 10.2. The molecule has 0 atom stereocenters. The van der Waals surface area contributed by atoms with Gasteiger partial charge < -0.3 is 15.2 Å². The van der Waals surface area contributed by atoms with Gasteiger partial charge in [0.05, 0.1) is 13.7 Å². The topological polar surface area (TPSA) is 44.5 Å². The van der Waals surface area contributed by atoms with E-state index in [0.29, 0.717) is 6.61 Å². The SMILES string of the molecule is COc1ccc(N)cc1COCC1CC1. The second kappa shape index (κ2) is 4.53. The van der Waals surface area contributed by atoms with Crippen LogP contribution in [0, 0.1) is 5.92 Å². The largest absolute Gasteiger partial charge is 0.496 e. The summed E-state index contributed by atoms with van der Waals surface area (Å²) in [7, 11) is 1.66. The van der Waals surface area contributed by atoms with Crippen molar-refractivity contribution in [3.05, 3.63) is 23.8 Å². The zero-order valence-corrected chi connectivity index (χ0v) is 9.03. The molecule has 0 bridgehead atoms. The number of ether oxygens (including phenoxy) is 2. The van der Waals surface area contributed by atoms with E-state index in [2.05, 4.69) is 0 Å². The Hall–Kier alpha value is -1.22. The first-order valence-electron chi connectivity index (χ1n) is 5.29. The van der Waals surface area contributed by atoms with Gasteiger partial charge >= 0.3 is 0 Å². The van der Waals surface area contributed by atoms with E-state index in [1.165, 1.54) is 12.8 Å². The van der Waals surface area contributed by atoms with E-state index in [0.717, 1.165) is 29.5 Å². The Morgan fingerprint density at radius 1 is 1.40 bits per heavy atom. The third kappa shape index (κ3) is 2.86. The molecule has 1 aliphatic carbocycles. The summed E-state index contributed by atoms with van der Waals surface area (Å²) in [6.45, 7) is 1.45. The van der Waals surface area contributed by atoms with Crippen molar-refractivity contribution < 1.29 is 9.47 Å². The number of hydrogen-bond donors (Lipinski definition) is 1. The van der Waals surface area contributed by atoms with E-state index in [9.17, 15) is 0 Å². The second-order valence-corrected chi connectivity index (χ2v) is 4.03. The van der Waals surface area contributed by atoms with Crippen molar-refractivity contribution in [1.29, 1.82) is 0 Å². The minimum absolute atomic E-state index is 0.588. The third-order valence-electron chi connectivity index (χ3n) is 2.61. The number of rotatable bonds is 5. The van der Waals surface area contributed by atoms with E-state index in [-0.39, 0.29) is 0 Å². The maximum absolute atomic E-state index is 5.71. The molecule has 0 aliphatic heterocycles. The molecule has 1 aromatic rings. The average molecular weight is 207 g/mol. The zero-order chi connectivity index (χ0) is 10.7. The van der Waals surface area contributed by atoms with Gasteiger partial charge in [-0.2, -0.15) is 0 Å². The van der Waals surface area contributed by atoms with Gasteiger partial charge in [0.1, 0.15) is 5.75 Å². The van der Waals surface area contributed by atoms with E-state index >= 15 is 0 Å². The van der Waals surface area contributed by atoms with Crippen LogP contribution in [0.25, 0.3) is 0 Å². The normalized spacial score (nSPS) is 15.3. The fraction of sp³-hybridized carbons (Fsp3) is 0.500. The van der Waals surface area contributed by atoms with Gasteiger partial charge in [-0.1, -0.05) is 0 Å². The standard InChI is InChI=1S/C12H17NO2/c1-14-12-5-4-11(13)6-10(12)8-15-7-9-2-3-9/h4-6,9H,2-3,7-8,13H2,1H3. The molecule has 0 aromatic heterocycles. The summed E-state index contributed by atoms with van der Waals surface area (Å²) < 4.78 is 10.8. The second-order valence-electron chi connectivity index (χ2n) is 4.03. The Morgan fingerprint density at radius 2 is 2.20 bits per heavy atom. The summed E-state index contributed by atoms with van der Waals surface area (Å²) in [5.74, 6) is 1.64. The number of anilines is 1. The van der Waals surface area contributed by atoms with Crippen LogP contribution < -0.4 is 10.5 Å². The maximum Gasteiger partial charge on any atom is 0.124 e. The van der Waals surface area contributed by atoms with Crippen LogP contribution in [0.15, 0.2) is 18.2 Å². The summed E-state index contributed by atoms with van der Waals surface area (Å²) in [6, 6.07) is 5.63. The molecule has 1 saturated carbocycles. The predicted molar refractivity (Wildman–Crippen MR) is 59.8 cm³/mol. The van der Waals surface area contributed by atoms with Crippen molar-refractivity contribution in [3.8, 4) is 5.75 Å². The number of nitrogens with two attached hydrogens (primary N) is 1. The summed E-state index contributed by atoms with van der Waals surface area (Å²) >= 11 is 0. The highest BCUT2D eigenvalue weighted by Gasteiger charge is 2.21. The molecular formula is C12H17NO2. The number of benzene rings is 1. The third-order valence-corrected chi connectivity index (χ3v) is 2.61. The lowest BCUT2D eigenvalue weighted by Crippen LogP contribution is -2.00. The lowest BCUT2D eigenvalue weighted by molar-refractivity contribution is 0.109. The van der Waals surface area contributed by atoms with Crippen molar-refractivity contribution in [2.75, 3.05) is 19.5 Å². The molecule has 3 nitrogen and oxygen atoms in total. The molecule has 0 spiro atoms. The van der Waals surface area contributed by atoms with Crippen LogP contribution in [0.2, 0.25) is 0 Å². The molecule has 2 N–H and O–H groups in total. The van der Waals surface area contributed by atoms with Gasteiger partial charge in [-0.3, -0.25) is 0 Å². The van der Waals surface area contributed by atoms with Gasteiger partial charge in [0.15, 0.2) is 0 Å². The van der Waals surface area contributed by atoms with Crippen LogP contribution in [0.3, 0.4) is 0 Å². The Kier molecular flexibility index (Phi) is 3.11. The molecule has 3 heteroatoms. The maximum atomic E-state index is 5.71. The Bertz CT molecular complexity index is 334. The summed E-state index contributed by atoms with van der Waals surface area (Å²) in [6.07, 6.45) is 2.63. The first-order chi connectivity index (χ1) is 7.29. The van der Waals surface area contributed by atoms with Crippen LogP contribution in [-0.2, 0) is 11.3 Å². The number of nitrogen functional groups attached to an aromatic ring is 1. The van der Waals surface area contributed by atoms with Crippen molar-refractivity contribution in [3.63, 3.8) is 0 Å². The van der Waals surface area contributed by atoms with Gasteiger partial charge in [-0.15, -0.1) is 0 Å². The molecule has 0 radical (unpaired) electrons. The molecule has 15 heavy (non-hydrogen) atoms. The van der Waals surface area contributed by atoms with Crippen molar-refractivity contribution in [2.45, 2.75) is 19.4 Å². The monoisotopic (exact) mass is 207 g/mol. The molecule has 0 unspecified atom stereocenters. The van der Waals surface area contributed by atoms with Crippen LogP contribution in [0.5, 0.6) is 5.75 Å². The van der Waals surface area contributed by atoms with E-state index in [1.54, 1.807) is 7.11 Å². The van der Waals surface area contributed by atoms with Crippen molar-refractivity contribution >= 4 is 5.69 Å². The first kappa shape index (κ1) is 10.3. The molecule has 1 aliphatic rings. The Balaban J connectivity index is 1.94. The lowest BCUT2D eigenvalue weighted by Gasteiger charge is -2.09. The first-order valence-corrected chi connectivity index (χ1v) is 5.29. The molecule has 82 valence electrons. The molecule has 0 heterocycles. The van der Waals surface area contributed by atoms with Gasteiger partial charge in [0.25, 0.3) is 0 Å². The van der Waals surface area contributed by atoms with Crippen LogP contribution in [0.1, 0.15) is 18.4 Å². The minimum atomic E-state index is 0.588. The van der Waals surface area contributed by atoms with Crippen molar-refractivity contribution in [2.24, 2.45) is 5.92 Å². The van der Waals surface area contributed by atoms with Crippen LogP contribution in [0.4, 0.5) is 5.69 Å². The van der Waals surface area contributed by atoms with Gasteiger partial charge in [-0.05, 0) is 37.0 Å². The fourth-order valence-electron chi connectivity index (χ4n) is 1.53. The van der Waals surface area contributed by atoms with Gasteiger partial charge in [-0.25, -0.2) is 0 Å². The molecule has 1 fully saturated rings. The summed E-state index contributed by atoms with van der Waals surface area (Å²) in [5, 5.41) is 0. The molecular weight excluding hydrogens is 190 g/mol. The van der Waals surface area contributed by atoms with Gasteiger partial charge in [0.2, 0.25) is 0 Å². The van der Waals surface area contributed by atoms with E-state index in [1.807, 2.05) is 18.2 Å². The highest BCUT2D eigenvalue weighted by molar-refractivity contribution is 5.47. The van der Waals surface area contributed by atoms with Gasteiger partial charge in [0, 0.05) is 17.9 Å². The minimum Gasteiger partial charge on any atom is -0.496 e. The molecule has 2 rings (SSSR count). The van der Waals surface area contributed by atoms with E-state index < -0.39 is 0 Å². The summed E-state index contributed by atoms with van der Waals surface area (Å²) in [5.41, 5.74) is 7.49. The smallest absolute Gasteiger partial charge is 0.124 e. The van der Waals surface area contributed by atoms with Crippen LogP contribution in [-0.4, -0.2) is 13.7 Å². The number of hydrogen-bond acceptors (Lipinski definition) is 3. The van der Waals surface area contributed by atoms with Crippen LogP contribution >= 0.6 is 0 Å². The Morgan fingerprint density at radius 3 is 2.87 bits per heavy atom. The quantitative estimate of drug-likeness (QED) is 0.753. The summed E-state index contributed by atoms with van der Waals surface area (Å²) in [4.78, 5) is 0. The molecule has 0 saturated heterocycles. The molecule has 0 amide bonds. The van der Waals surface area contributed by atoms with E-state index in [4.69, 9.17) is 15.2 Å². The number of methoxy groups -OCH3 is 1. The highest BCUT2D eigenvalue weighted by atomic mass is 16.5. The highest BCUT2D eigenvalue weighted by Crippen LogP contribution is 2.29. The fourth-order valence-corrected chi connectivity index (χ4v) is 1.53. The predicted octanol–water partition coefficient (Wildman–Crippen LogP) is 2.20. The zero-order valence-electron chi connectivity index (χ0n) is 9.03. The molecule has 1 aromatic carbocycles.